The van der Waals surface area contributed by atoms with Crippen LogP contribution in [0.25, 0.3) is 0 Å². The van der Waals surface area contributed by atoms with Gasteiger partial charge in [0.15, 0.2) is 0 Å². The molecular weight excluding hydrogens is 206 g/mol. The lowest BCUT2D eigenvalue weighted by atomic mass is 9.89. The van der Waals surface area contributed by atoms with Crippen molar-refractivity contribution >= 4 is 5.91 Å². The molecule has 3 unspecified atom stereocenters. The molecule has 0 saturated heterocycles. The summed E-state index contributed by atoms with van der Waals surface area (Å²) in [6.07, 6.45) is 5.37. The Morgan fingerprint density at radius 1 is 1.44 bits per heavy atom. The van der Waals surface area contributed by atoms with Gasteiger partial charge in [-0.1, -0.05) is 6.42 Å². The Balaban J connectivity index is 1.52. The van der Waals surface area contributed by atoms with Crippen molar-refractivity contribution in [2.45, 2.75) is 25.7 Å². The highest BCUT2D eigenvalue weighted by Crippen LogP contribution is 2.47. The van der Waals surface area contributed by atoms with Crippen LogP contribution in [0.1, 0.15) is 36.3 Å². The minimum Gasteiger partial charge on any atom is -0.349 e. The minimum atomic E-state index is -0.225. The molecule has 3 rings (SSSR count). The van der Waals surface area contributed by atoms with E-state index in [1.165, 1.54) is 25.7 Å². The molecule has 0 radical (unpaired) electrons. The molecule has 2 saturated carbocycles. The smallest absolute Gasteiger partial charge is 0.292 e. The van der Waals surface area contributed by atoms with Crippen molar-refractivity contribution in [2.24, 2.45) is 17.8 Å². The highest BCUT2D eigenvalue weighted by Gasteiger charge is 2.39. The maximum absolute atomic E-state index is 11.6. The predicted molar refractivity (Wildman–Crippen MR) is 55.4 cm³/mol. The van der Waals surface area contributed by atoms with Gasteiger partial charge in [-0.15, -0.1) is 10.2 Å². The average Bonchev–Trinajstić information content (AvgIpc) is 3.01. The van der Waals surface area contributed by atoms with Crippen LogP contribution in [0, 0.1) is 17.8 Å². The molecule has 86 valence electrons. The quantitative estimate of drug-likeness (QED) is 0.772. The van der Waals surface area contributed by atoms with Crippen LogP contribution in [0.3, 0.4) is 0 Å². The molecule has 0 aliphatic heterocycles. The molecule has 2 N–H and O–H groups in total. The number of hydrogen-bond acceptors (Lipinski definition) is 4. The fourth-order valence-corrected chi connectivity index (χ4v) is 3.19. The van der Waals surface area contributed by atoms with E-state index in [-0.39, 0.29) is 11.7 Å². The zero-order valence-electron chi connectivity index (χ0n) is 9.02. The Morgan fingerprint density at radius 3 is 3.00 bits per heavy atom. The van der Waals surface area contributed by atoms with Gasteiger partial charge in [0, 0.05) is 6.54 Å². The Morgan fingerprint density at radius 2 is 2.38 bits per heavy atom. The zero-order chi connectivity index (χ0) is 11.0. The normalized spacial score (nSPS) is 31.9. The molecule has 2 fully saturated rings. The number of aromatic nitrogens is 4. The van der Waals surface area contributed by atoms with Crippen LogP contribution >= 0.6 is 0 Å². The van der Waals surface area contributed by atoms with E-state index >= 15 is 0 Å². The maximum atomic E-state index is 11.6. The maximum Gasteiger partial charge on any atom is 0.292 e. The van der Waals surface area contributed by atoms with Crippen molar-refractivity contribution in [1.82, 2.24) is 25.9 Å². The highest BCUT2D eigenvalue weighted by molar-refractivity contribution is 5.89. The standard InChI is InChI=1S/C10H15N5O/c16-10(9-12-14-15-13-9)11-5-8-4-6-1-2-7(8)3-6/h6-8H,1-5H2,(H,11,16)(H,12,13,14,15). The summed E-state index contributed by atoms with van der Waals surface area (Å²) in [5.74, 6) is 2.31. The van der Waals surface area contributed by atoms with E-state index in [0.29, 0.717) is 5.92 Å². The third-order valence-corrected chi connectivity index (χ3v) is 3.96. The van der Waals surface area contributed by atoms with Crippen LogP contribution in [-0.2, 0) is 0 Å². The number of carbonyl (C=O) groups is 1. The molecule has 0 aromatic carbocycles. The lowest BCUT2D eigenvalue weighted by molar-refractivity contribution is 0.0931. The fraction of sp³-hybridized carbons (Fsp3) is 0.800. The largest absolute Gasteiger partial charge is 0.349 e. The first-order valence-corrected chi connectivity index (χ1v) is 5.84. The van der Waals surface area contributed by atoms with Crippen molar-refractivity contribution in [2.75, 3.05) is 6.54 Å². The Kier molecular flexibility index (Phi) is 2.34. The van der Waals surface area contributed by atoms with Gasteiger partial charge in [0.05, 0.1) is 0 Å². The molecule has 3 atom stereocenters. The lowest BCUT2D eigenvalue weighted by Crippen LogP contribution is -2.32. The first-order valence-electron chi connectivity index (χ1n) is 5.84. The molecule has 1 aromatic rings. The number of tetrazole rings is 1. The van der Waals surface area contributed by atoms with Crippen molar-refractivity contribution in [1.29, 1.82) is 0 Å². The van der Waals surface area contributed by atoms with Gasteiger partial charge in [0.25, 0.3) is 11.7 Å². The van der Waals surface area contributed by atoms with E-state index in [4.69, 9.17) is 0 Å². The van der Waals surface area contributed by atoms with Crippen molar-refractivity contribution in [3.05, 3.63) is 5.82 Å². The van der Waals surface area contributed by atoms with Crippen molar-refractivity contribution < 1.29 is 4.79 Å². The van der Waals surface area contributed by atoms with Crippen LogP contribution in [-0.4, -0.2) is 33.1 Å². The fourth-order valence-electron chi connectivity index (χ4n) is 3.19. The second-order valence-electron chi connectivity index (χ2n) is 4.88. The van der Waals surface area contributed by atoms with Crippen LogP contribution in [0.5, 0.6) is 0 Å². The molecule has 1 heterocycles. The second-order valence-corrected chi connectivity index (χ2v) is 4.88. The molecule has 2 bridgehead atoms. The van der Waals surface area contributed by atoms with Crippen molar-refractivity contribution in [3.63, 3.8) is 0 Å². The van der Waals surface area contributed by atoms with E-state index in [9.17, 15) is 4.79 Å². The van der Waals surface area contributed by atoms with Crippen LogP contribution in [0.2, 0.25) is 0 Å². The molecule has 2 aliphatic carbocycles. The Hall–Kier alpha value is -1.46. The molecule has 0 spiro atoms. The molecule has 16 heavy (non-hydrogen) atoms. The van der Waals surface area contributed by atoms with Gasteiger partial charge in [0.2, 0.25) is 0 Å². The highest BCUT2D eigenvalue weighted by atomic mass is 16.2. The number of fused-ring (bicyclic) bond motifs is 2. The van der Waals surface area contributed by atoms with Gasteiger partial charge in [-0.05, 0) is 42.2 Å². The Labute approximate surface area is 93.2 Å². The zero-order valence-corrected chi connectivity index (χ0v) is 9.02. The number of hydrogen-bond donors (Lipinski definition) is 2. The molecule has 2 aliphatic rings. The number of H-pyrrole nitrogens is 1. The van der Waals surface area contributed by atoms with Gasteiger partial charge < -0.3 is 5.32 Å². The van der Waals surface area contributed by atoms with Gasteiger partial charge >= 0.3 is 0 Å². The SMILES string of the molecule is O=C(NCC1CC2CCC1C2)c1nn[nH]n1. The number of aromatic amines is 1. The molecule has 1 aromatic heterocycles. The topological polar surface area (TPSA) is 83.6 Å². The lowest BCUT2D eigenvalue weighted by Gasteiger charge is -2.21. The summed E-state index contributed by atoms with van der Waals surface area (Å²) in [4.78, 5) is 11.6. The molecule has 6 heteroatoms. The second kappa shape index (κ2) is 3.84. The van der Waals surface area contributed by atoms with E-state index in [0.717, 1.165) is 18.4 Å². The first kappa shape index (κ1) is 9.74. The van der Waals surface area contributed by atoms with Crippen LogP contribution < -0.4 is 5.32 Å². The van der Waals surface area contributed by atoms with E-state index < -0.39 is 0 Å². The van der Waals surface area contributed by atoms with Gasteiger partial charge in [-0.3, -0.25) is 4.79 Å². The third-order valence-electron chi connectivity index (χ3n) is 3.96. The van der Waals surface area contributed by atoms with Crippen molar-refractivity contribution in [3.8, 4) is 0 Å². The minimum absolute atomic E-state index is 0.128. The van der Waals surface area contributed by atoms with E-state index in [1.807, 2.05) is 0 Å². The number of nitrogens with one attached hydrogen (secondary N) is 2. The number of amides is 1. The summed E-state index contributed by atoms with van der Waals surface area (Å²) < 4.78 is 0. The van der Waals surface area contributed by atoms with Crippen LogP contribution in [0.15, 0.2) is 0 Å². The summed E-state index contributed by atoms with van der Waals surface area (Å²) in [5.41, 5.74) is 0. The molecule has 6 nitrogen and oxygen atoms in total. The number of nitrogens with zero attached hydrogens (tertiary/aromatic N) is 3. The molecular formula is C10H15N5O. The first-order chi connectivity index (χ1) is 7.83. The average molecular weight is 221 g/mol. The van der Waals surface area contributed by atoms with Gasteiger partial charge in [-0.25, -0.2) is 0 Å². The van der Waals surface area contributed by atoms with Gasteiger partial charge in [-0.2, -0.15) is 5.21 Å². The Bertz CT molecular complexity index is 377. The summed E-state index contributed by atoms with van der Waals surface area (Å²) in [6, 6.07) is 0. The molecule has 1 amide bonds. The van der Waals surface area contributed by atoms with Crippen LogP contribution in [0.4, 0.5) is 0 Å². The summed E-state index contributed by atoms with van der Waals surface area (Å²) in [5, 5.41) is 15.8. The monoisotopic (exact) mass is 221 g/mol. The number of carbonyl (C=O) groups excluding carboxylic acids is 1. The summed E-state index contributed by atoms with van der Waals surface area (Å²) >= 11 is 0. The summed E-state index contributed by atoms with van der Waals surface area (Å²) in [6.45, 7) is 0.758. The third kappa shape index (κ3) is 1.68. The predicted octanol–water partition coefficient (Wildman–Crippen LogP) is 0.366. The van der Waals surface area contributed by atoms with E-state index in [2.05, 4.69) is 25.9 Å². The number of rotatable bonds is 3. The van der Waals surface area contributed by atoms with Gasteiger partial charge in [0.1, 0.15) is 0 Å². The summed E-state index contributed by atoms with van der Waals surface area (Å²) in [7, 11) is 0. The van der Waals surface area contributed by atoms with E-state index in [1.54, 1.807) is 0 Å².